The molecule has 0 saturated heterocycles. The number of esters is 1. The largest absolute Gasteiger partial charge is 0.482 e. The van der Waals surface area contributed by atoms with E-state index in [1.54, 1.807) is 18.2 Å². The molecule has 2 aromatic rings. The highest BCUT2D eigenvalue weighted by molar-refractivity contribution is 6.30. The van der Waals surface area contributed by atoms with Gasteiger partial charge in [0.1, 0.15) is 5.75 Å². The van der Waals surface area contributed by atoms with Crippen molar-refractivity contribution in [2.45, 2.75) is 26.8 Å². The fourth-order valence-electron chi connectivity index (χ4n) is 2.35. The van der Waals surface area contributed by atoms with Gasteiger partial charge in [0.15, 0.2) is 13.2 Å². The molecule has 2 aromatic carbocycles. The van der Waals surface area contributed by atoms with Crippen LogP contribution in [0.2, 0.25) is 5.02 Å². The van der Waals surface area contributed by atoms with Crippen LogP contribution in [0.1, 0.15) is 29.7 Å². The van der Waals surface area contributed by atoms with Crippen molar-refractivity contribution in [1.82, 2.24) is 5.32 Å². The monoisotopic (exact) mass is 375 g/mol. The van der Waals surface area contributed by atoms with Crippen LogP contribution in [0.25, 0.3) is 0 Å². The summed E-state index contributed by atoms with van der Waals surface area (Å²) in [6.07, 6.45) is 0. The molecular weight excluding hydrogens is 354 g/mol. The molecule has 2 rings (SSSR count). The van der Waals surface area contributed by atoms with Crippen LogP contribution in [-0.4, -0.2) is 25.1 Å². The van der Waals surface area contributed by atoms with Crippen LogP contribution in [0.3, 0.4) is 0 Å². The van der Waals surface area contributed by atoms with Gasteiger partial charge in [0.25, 0.3) is 5.91 Å². The zero-order chi connectivity index (χ0) is 19.1. The fraction of sp³-hybridized carbons (Fsp3) is 0.300. The Morgan fingerprint density at radius 2 is 1.85 bits per heavy atom. The first kappa shape index (κ1) is 19.8. The number of carbonyl (C=O) groups is 2. The Kier molecular flexibility index (Phi) is 7.04. The minimum absolute atomic E-state index is 0.244. The average molecular weight is 376 g/mol. The molecule has 0 aliphatic heterocycles. The predicted octanol–water partition coefficient (Wildman–Crippen LogP) is 3.76. The summed E-state index contributed by atoms with van der Waals surface area (Å²) < 4.78 is 10.4. The maximum Gasteiger partial charge on any atom is 0.344 e. The first-order chi connectivity index (χ1) is 12.4. The highest BCUT2D eigenvalue weighted by atomic mass is 35.5. The number of nitrogens with one attached hydrogen (secondary N) is 1. The third-order valence-electron chi connectivity index (χ3n) is 3.99. The summed E-state index contributed by atoms with van der Waals surface area (Å²) in [5, 5.41) is 3.35. The lowest BCUT2D eigenvalue weighted by Crippen LogP contribution is -2.32. The minimum Gasteiger partial charge on any atom is -0.482 e. The molecule has 1 N–H and O–H groups in total. The number of hydrogen-bond acceptors (Lipinski definition) is 4. The molecule has 26 heavy (non-hydrogen) atoms. The molecule has 1 atom stereocenters. The third kappa shape index (κ3) is 5.77. The normalized spacial score (nSPS) is 11.5. The molecule has 0 fully saturated rings. The third-order valence-corrected chi connectivity index (χ3v) is 4.23. The number of benzene rings is 2. The van der Waals surface area contributed by atoms with Crippen LogP contribution in [0, 0.1) is 13.8 Å². The van der Waals surface area contributed by atoms with Gasteiger partial charge in [0.05, 0.1) is 6.04 Å². The van der Waals surface area contributed by atoms with Crippen molar-refractivity contribution in [2.75, 3.05) is 13.2 Å². The molecule has 0 aliphatic rings. The Morgan fingerprint density at radius 3 is 2.58 bits per heavy atom. The van der Waals surface area contributed by atoms with Crippen molar-refractivity contribution in [1.29, 1.82) is 0 Å². The Bertz CT molecular complexity index is 791. The number of carbonyl (C=O) groups excluding carboxylic acids is 2. The summed E-state index contributed by atoms with van der Waals surface area (Å²) in [4.78, 5) is 23.7. The summed E-state index contributed by atoms with van der Waals surface area (Å²) in [5.41, 5.74) is 2.91. The van der Waals surface area contributed by atoms with E-state index in [9.17, 15) is 9.59 Å². The molecule has 0 saturated carbocycles. The van der Waals surface area contributed by atoms with Crippen molar-refractivity contribution >= 4 is 23.5 Å². The molecule has 0 unspecified atom stereocenters. The molecule has 6 heteroatoms. The summed E-state index contributed by atoms with van der Waals surface area (Å²) >= 11 is 5.94. The van der Waals surface area contributed by atoms with Crippen molar-refractivity contribution < 1.29 is 19.1 Å². The molecule has 138 valence electrons. The number of ether oxygens (including phenoxy) is 2. The molecule has 5 nitrogen and oxygen atoms in total. The molecule has 0 radical (unpaired) electrons. The van der Waals surface area contributed by atoms with Crippen molar-refractivity contribution in [3.05, 3.63) is 64.2 Å². The average Bonchev–Trinajstić information content (AvgIpc) is 2.61. The standard InChI is InChI=1S/C20H22ClNO4/c1-13-6-4-9-18(14(13)2)25-12-20(24)26-11-19(23)22-15(3)16-7-5-8-17(21)10-16/h4-10,15H,11-12H2,1-3H3,(H,22,23)/t15-/m0/s1. The zero-order valence-electron chi connectivity index (χ0n) is 15.0. The van der Waals surface area contributed by atoms with Gasteiger partial charge in [-0.25, -0.2) is 4.79 Å². The minimum atomic E-state index is -0.600. The van der Waals surface area contributed by atoms with Gasteiger partial charge in [0.2, 0.25) is 0 Å². The van der Waals surface area contributed by atoms with E-state index in [-0.39, 0.29) is 19.3 Å². The first-order valence-corrected chi connectivity index (χ1v) is 8.64. The highest BCUT2D eigenvalue weighted by Gasteiger charge is 2.13. The maximum absolute atomic E-state index is 11.9. The number of halogens is 1. The second-order valence-corrected chi connectivity index (χ2v) is 6.43. The van der Waals surface area contributed by atoms with Crippen molar-refractivity contribution in [3.8, 4) is 5.75 Å². The highest BCUT2D eigenvalue weighted by Crippen LogP contribution is 2.20. The van der Waals surface area contributed by atoms with Crippen LogP contribution in [0.4, 0.5) is 0 Å². The van der Waals surface area contributed by atoms with Crippen molar-refractivity contribution in [2.24, 2.45) is 0 Å². The summed E-state index contributed by atoms with van der Waals surface area (Å²) in [6, 6.07) is 12.6. The second-order valence-electron chi connectivity index (χ2n) is 5.99. The van der Waals surface area contributed by atoms with Gasteiger partial charge in [-0.2, -0.15) is 0 Å². The number of aryl methyl sites for hydroxylation is 1. The zero-order valence-corrected chi connectivity index (χ0v) is 15.8. The van der Waals surface area contributed by atoms with E-state index in [0.29, 0.717) is 10.8 Å². The Balaban J connectivity index is 1.76. The lowest BCUT2D eigenvalue weighted by atomic mass is 10.1. The van der Waals surface area contributed by atoms with Crippen LogP contribution >= 0.6 is 11.6 Å². The summed E-state index contributed by atoms with van der Waals surface area (Å²) in [6.45, 7) is 5.10. The van der Waals surface area contributed by atoms with E-state index in [1.807, 2.05) is 45.0 Å². The summed E-state index contributed by atoms with van der Waals surface area (Å²) in [5.74, 6) is -0.366. The molecule has 0 heterocycles. The Morgan fingerprint density at radius 1 is 1.12 bits per heavy atom. The van der Waals surface area contributed by atoms with Crippen LogP contribution in [0.15, 0.2) is 42.5 Å². The van der Waals surface area contributed by atoms with Gasteiger partial charge in [-0.1, -0.05) is 35.9 Å². The quantitative estimate of drug-likeness (QED) is 0.748. The Labute approximate surface area is 158 Å². The molecule has 0 aliphatic carbocycles. The van der Waals surface area contributed by atoms with E-state index in [0.717, 1.165) is 16.7 Å². The second kappa shape index (κ2) is 9.25. The number of hydrogen-bond donors (Lipinski definition) is 1. The molecule has 0 aromatic heterocycles. The van der Waals surface area contributed by atoms with Gasteiger partial charge in [-0.3, -0.25) is 4.79 Å². The molecular formula is C20H22ClNO4. The van der Waals surface area contributed by atoms with Gasteiger partial charge in [-0.05, 0) is 55.7 Å². The van der Waals surface area contributed by atoms with Gasteiger partial charge in [-0.15, -0.1) is 0 Å². The lowest BCUT2D eigenvalue weighted by Gasteiger charge is -2.15. The number of amides is 1. The number of rotatable bonds is 7. The molecule has 0 spiro atoms. The molecule has 1 amide bonds. The lowest BCUT2D eigenvalue weighted by molar-refractivity contribution is -0.150. The topological polar surface area (TPSA) is 64.6 Å². The summed E-state index contributed by atoms with van der Waals surface area (Å²) in [7, 11) is 0. The van der Waals surface area contributed by atoms with E-state index in [1.165, 1.54) is 0 Å². The van der Waals surface area contributed by atoms with Gasteiger partial charge >= 0.3 is 5.97 Å². The van der Waals surface area contributed by atoms with Gasteiger partial charge in [0, 0.05) is 5.02 Å². The molecule has 0 bridgehead atoms. The van der Waals surface area contributed by atoms with Crippen molar-refractivity contribution in [3.63, 3.8) is 0 Å². The van der Waals surface area contributed by atoms with Gasteiger partial charge < -0.3 is 14.8 Å². The fourth-order valence-corrected chi connectivity index (χ4v) is 2.55. The maximum atomic E-state index is 11.9. The van der Waals surface area contributed by atoms with Crippen LogP contribution in [0.5, 0.6) is 5.75 Å². The van der Waals surface area contributed by atoms with E-state index >= 15 is 0 Å². The predicted molar refractivity (Wildman–Crippen MR) is 100 cm³/mol. The smallest absolute Gasteiger partial charge is 0.344 e. The van der Waals surface area contributed by atoms with E-state index in [4.69, 9.17) is 21.1 Å². The Hall–Kier alpha value is -2.53. The van der Waals surface area contributed by atoms with Crippen LogP contribution < -0.4 is 10.1 Å². The SMILES string of the molecule is Cc1cccc(OCC(=O)OCC(=O)N[C@@H](C)c2cccc(Cl)c2)c1C. The van der Waals surface area contributed by atoms with E-state index < -0.39 is 11.9 Å². The first-order valence-electron chi connectivity index (χ1n) is 8.26. The van der Waals surface area contributed by atoms with E-state index in [2.05, 4.69) is 5.32 Å². The van der Waals surface area contributed by atoms with Crippen LogP contribution in [-0.2, 0) is 14.3 Å².